The lowest BCUT2D eigenvalue weighted by atomic mass is 10.0. The Morgan fingerprint density at radius 3 is 2.90 bits per heavy atom. The number of carbonyl (C=O) groups excluding carboxylic acids is 1. The molecule has 3 heterocycles. The Morgan fingerprint density at radius 1 is 1.19 bits per heavy atom. The summed E-state index contributed by atoms with van der Waals surface area (Å²) in [6.45, 7) is 2.73. The third kappa shape index (κ3) is 3.37. The molecule has 0 amide bonds. The van der Waals surface area contributed by atoms with Crippen LogP contribution in [0.25, 0.3) is 16.6 Å². The predicted molar refractivity (Wildman–Crippen MR) is 112 cm³/mol. The largest absolute Gasteiger partial charge is 0.462 e. The molecule has 0 spiro atoms. The summed E-state index contributed by atoms with van der Waals surface area (Å²) in [6, 6.07) is 10.2. The predicted octanol–water partition coefficient (Wildman–Crippen LogP) is 4.68. The van der Waals surface area contributed by atoms with Crippen molar-refractivity contribution >= 4 is 28.3 Å². The van der Waals surface area contributed by atoms with E-state index >= 15 is 0 Å². The highest BCUT2D eigenvalue weighted by Crippen LogP contribution is 2.37. The highest BCUT2D eigenvalue weighted by atomic mass is 19.1. The standard InChI is InChI=1S/C23H20F2N4O2/c1-2-31-23(30)14-5-8-19-17(12-14)22-26-21(9-11-29(22)27-19)28-10-3-4-20(28)16-13-15(24)6-7-18(16)25/h5-9,11-13,20H,2-4,10H2,1H3. The van der Waals surface area contributed by atoms with E-state index in [1.807, 2.05) is 11.0 Å². The van der Waals surface area contributed by atoms with Crippen LogP contribution in [0.5, 0.6) is 0 Å². The van der Waals surface area contributed by atoms with Crippen LogP contribution in [-0.4, -0.2) is 33.7 Å². The third-order valence-corrected chi connectivity index (χ3v) is 5.63. The second-order valence-corrected chi connectivity index (χ2v) is 7.52. The summed E-state index contributed by atoms with van der Waals surface area (Å²) in [4.78, 5) is 18.9. The fraction of sp³-hybridized carbons (Fsp3) is 0.261. The van der Waals surface area contributed by atoms with Crippen molar-refractivity contribution in [3.05, 3.63) is 71.4 Å². The van der Waals surface area contributed by atoms with Gasteiger partial charge in [-0.15, -0.1) is 0 Å². The zero-order chi connectivity index (χ0) is 21.5. The average Bonchev–Trinajstić information content (AvgIpc) is 3.39. The van der Waals surface area contributed by atoms with E-state index in [0.717, 1.165) is 17.9 Å². The first-order valence-electron chi connectivity index (χ1n) is 10.2. The summed E-state index contributed by atoms with van der Waals surface area (Å²) < 4.78 is 35.0. The van der Waals surface area contributed by atoms with Crippen LogP contribution in [0.2, 0.25) is 0 Å². The topological polar surface area (TPSA) is 59.7 Å². The summed E-state index contributed by atoms with van der Waals surface area (Å²) in [6.07, 6.45) is 3.35. The quantitative estimate of drug-likeness (QED) is 0.447. The zero-order valence-corrected chi connectivity index (χ0v) is 16.9. The number of benzene rings is 2. The first-order chi connectivity index (χ1) is 15.0. The van der Waals surface area contributed by atoms with Crippen molar-refractivity contribution in [2.24, 2.45) is 0 Å². The molecule has 31 heavy (non-hydrogen) atoms. The van der Waals surface area contributed by atoms with Gasteiger partial charge in [0.05, 0.1) is 23.7 Å². The molecule has 0 radical (unpaired) electrons. The van der Waals surface area contributed by atoms with E-state index in [4.69, 9.17) is 9.72 Å². The Kier molecular flexibility index (Phi) is 4.77. The molecule has 6 nitrogen and oxygen atoms in total. The number of hydrogen-bond donors (Lipinski definition) is 0. The molecular formula is C23H20F2N4O2. The lowest BCUT2D eigenvalue weighted by Crippen LogP contribution is -2.24. The Morgan fingerprint density at radius 2 is 2.06 bits per heavy atom. The van der Waals surface area contributed by atoms with Crippen LogP contribution in [0.4, 0.5) is 14.6 Å². The van der Waals surface area contributed by atoms with Gasteiger partial charge in [-0.25, -0.2) is 23.1 Å². The van der Waals surface area contributed by atoms with Crippen LogP contribution in [0.3, 0.4) is 0 Å². The summed E-state index contributed by atoms with van der Waals surface area (Å²) >= 11 is 0. The summed E-state index contributed by atoms with van der Waals surface area (Å²) in [7, 11) is 0. The maximum absolute atomic E-state index is 14.4. The van der Waals surface area contributed by atoms with Crippen LogP contribution in [-0.2, 0) is 4.74 Å². The molecule has 1 fully saturated rings. The van der Waals surface area contributed by atoms with Crippen LogP contribution >= 0.6 is 0 Å². The van der Waals surface area contributed by atoms with Crippen LogP contribution in [0, 0.1) is 11.6 Å². The number of fused-ring (bicyclic) bond motifs is 3. The fourth-order valence-electron chi connectivity index (χ4n) is 4.22. The van der Waals surface area contributed by atoms with E-state index in [9.17, 15) is 13.6 Å². The first kappa shape index (κ1) is 19.4. The second-order valence-electron chi connectivity index (χ2n) is 7.52. The molecule has 0 aliphatic carbocycles. The van der Waals surface area contributed by atoms with Gasteiger partial charge in [-0.05, 0) is 62.2 Å². The normalized spacial score (nSPS) is 16.4. The van der Waals surface area contributed by atoms with Crippen molar-refractivity contribution in [1.29, 1.82) is 0 Å². The van der Waals surface area contributed by atoms with Crippen molar-refractivity contribution in [1.82, 2.24) is 14.6 Å². The molecule has 1 aliphatic heterocycles. The van der Waals surface area contributed by atoms with E-state index in [2.05, 4.69) is 5.10 Å². The minimum atomic E-state index is -0.458. The minimum Gasteiger partial charge on any atom is -0.462 e. The lowest BCUT2D eigenvalue weighted by Gasteiger charge is -2.26. The number of rotatable bonds is 4. The van der Waals surface area contributed by atoms with Crippen molar-refractivity contribution < 1.29 is 18.3 Å². The molecule has 0 N–H and O–H groups in total. The van der Waals surface area contributed by atoms with Gasteiger partial charge in [-0.1, -0.05) is 0 Å². The molecule has 2 aromatic heterocycles. The number of anilines is 1. The number of halogens is 2. The molecule has 1 saturated heterocycles. The molecule has 158 valence electrons. The van der Waals surface area contributed by atoms with Gasteiger partial charge in [-0.3, -0.25) is 0 Å². The van der Waals surface area contributed by atoms with Gasteiger partial charge in [0, 0.05) is 23.7 Å². The van der Waals surface area contributed by atoms with Gasteiger partial charge in [0.1, 0.15) is 17.5 Å². The van der Waals surface area contributed by atoms with Crippen LogP contribution in [0.15, 0.2) is 48.7 Å². The molecule has 1 atom stereocenters. The van der Waals surface area contributed by atoms with E-state index in [-0.39, 0.29) is 6.04 Å². The number of aromatic nitrogens is 3. The van der Waals surface area contributed by atoms with E-state index in [1.54, 1.807) is 35.8 Å². The summed E-state index contributed by atoms with van der Waals surface area (Å²) in [5.74, 6) is -0.628. The molecule has 1 unspecified atom stereocenters. The Labute approximate surface area is 177 Å². The number of ether oxygens (including phenoxy) is 1. The second kappa shape index (κ2) is 7.61. The van der Waals surface area contributed by atoms with Gasteiger partial charge in [0.15, 0.2) is 5.65 Å². The Bertz CT molecular complexity index is 1300. The van der Waals surface area contributed by atoms with Crippen molar-refractivity contribution in [2.45, 2.75) is 25.8 Å². The van der Waals surface area contributed by atoms with E-state index < -0.39 is 17.6 Å². The number of nitrogens with zero attached hydrogens (tertiary/aromatic N) is 4. The van der Waals surface area contributed by atoms with Gasteiger partial charge in [-0.2, -0.15) is 5.10 Å². The first-order valence-corrected chi connectivity index (χ1v) is 10.2. The van der Waals surface area contributed by atoms with Crippen LogP contribution < -0.4 is 4.90 Å². The third-order valence-electron chi connectivity index (χ3n) is 5.63. The number of carbonyl (C=O) groups is 1. The van der Waals surface area contributed by atoms with Gasteiger partial charge < -0.3 is 9.64 Å². The SMILES string of the molecule is CCOC(=O)c1ccc2nn3ccc(N4CCCC4c4cc(F)ccc4F)nc3c2c1. The number of esters is 1. The maximum Gasteiger partial charge on any atom is 0.338 e. The van der Waals surface area contributed by atoms with E-state index in [1.165, 1.54) is 12.1 Å². The molecule has 4 aromatic rings. The monoisotopic (exact) mass is 422 g/mol. The highest BCUT2D eigenvalue weighted by molar-refractivity contribution is 5.99. The average molecular weight is 422 g/mol. The van der Waals surface area contributed by atoms with Crippen LogP contribution in [0.1, 0.15) is 41.7 Å². The summed E-state index contributed by atoms with van der Waals surface area (Å²) in [5, 5.41) is 5.23. The molecule has 2 aromatic carbocycles. The molecular weight excluding hydrogens is 402 g/mol. The molecule has 0 saturated carbocycles. The Hall–Kier alpha value is -3.55. The molecule has 1 aliphatic rings. The molecule has 5 rings (SSSR count). The molecule has 8 heteroatoms. The lowest BCUT2D eigenvalue weighted by molar-refractivity contribution is 0.0526. The maximum atomic E-state index is 14.4. The Balaban J connectivity index is 1.58. The minimum absolute atomic E-state index is 0.293. The zero-order valence-electron chi connectivity index (χ0n) is 16.9. The fourth-order valence-corrected chi connectivity index (χ4v) is 4.22. The van der Waals surface area contributed by atoms with Gasteiger partial charge in [0.25, 0.3) is 0 Å². The number of hydrogen-bond acceptors (Lipinski definition) is 5. The van der Waals surface area contributed by atoms with Gasteiger partial charge >= 0.3 is 5.97 Å². The van der Waals surface area contributed by atoms with Crippen molar-refractivity contribution in [3.63, 3.8) is 0 Å². The van der Waals surface area contributed by atoms with Crippen molar-refractivity contribution in [2.75, 3.05) is 18.1 Å². The molecule has 0 bridgehead atoms. The smallest absolute Gasteiger partial charge is 0.338 e. The van der Waals surface area contributed by atoms with Crippen molar-refractivity contribution in [3.8, 4) is 0 Å². The van der Waals surface area contributed by atoms with Gasteiger partial charge in [0.2, 0.25) is 0 Å². The summed E-state index contributed by atoms with van der Waals surface area (Å²) in [5.41, 5.74) is 2.05. The highest BCUT2D eigenvalue weighted by Gasteiger charge is 2.30. The van der Waals surface area contributed by atoms with E-state index in [0.29, 0.717) is 47.7 Å².